The second-order valence-corrected chi connectivity index (χ2v) is 8.71. The lowest BCUT2D eigenvalue weighted by molar-refractivity contribution is 0.121. The molecule has 3 aromatic rings. The summed E-state index contributed by atoms with van der Waals surface area (Å²) in [5, 5.41) is 13.4. The molecule has 0 N–H and O–H groups in total. The van der Waals surface area contributed by atoms with E-state index in [1.807, 2.05) is 24.3 Å². The molecule has 0 atom stereocenters. The van der Waals surface area contributed by atoms with Crippen LogP contribution in [0.25, 0.3) is 0 Å². The van der Waals surface area contributed by atoms with Gasteiger partial charge in [-0.3, -0.25) is 4.57 Å². The Hall–Kier alpha value is -1.81. The fourth-order valence-electron chi connectivity index (χ4n) is 2.96. The van der Waals surface area contributed by atoms with Gasteiger partial charge in [0.25, 0.3) is 0 Å². The normalized spacial score (nSPS) is 14.3. The van der Waals surface area contributed by atoms with Gasteiger partial charge in [0.05, 0.1) is 18.9 Å². The van der Waals surface area contributed by atoms with Crippen LogP contribution in [-0.2, 0) is 23.6 Å². The van der Waals surface area contributed by atoms with E-state index in [0.29, 0.717) is 11.6 Å². The van der Waals surface area contributed by atoms with Gasteiger partial charge in [-0.05, 0) is 31.2 Å². The summed E-state index contributed by atoms with van der Waals surface area (Å²) in [6.07, 6.45) is 0. The molecule has 10 heteroatoms. The average molecular weight is 452 g/mol. The third-order valence-corrected chi connectivity index (χ3v) is 6.56. The van der Waals surface area contributed by atoms with E-state index in [1.54, 1.807) is 23.1 Å². The van der Waals surface area contributed by atoms with Gasteiger partial charge in [-0.2, -0.15) is 0 Å². The Morgan fingerprint density at radius 2 is 2.00 bits per heavy atom. The number of hydrogen-bond donors (Lipinski definition) is 0. The van der Waals surface area contributed by atoms with Crippen LogP contribution < -0.4 is 9.64 Å². The summed E-state index contributed by atoms with van der Waals surface area (Å²) in [5.74, 6) is 2.46. The van der Waals surface area contributed by atoms with E-state index in [9.17, 15) is 0 Å². The van der Waals surface area contributed by atoms with Gasteiger partial charge in [0.1, 0.15) is 17.4 Å². The lowest BCUT2D eigenvalue weighted by Crippen LogP contribution is -2.38. The number of thioether (sulfide) groups is 1. The van der Waals surface area contributed by atoms with Crippen LogP contribution >= 0.6 is 34.7 Å². The zero-order chi connectivity index (χ0) is 20.1. The minimum atomic E-state index is 0.448. The zero-order valence-electron chi connectivity index (χ0n) is 16.1. The molecular formula is C19H22ClN5O2S2. The Morgan fingerprint density at radius 1 is 1.21 bits per heavy atom. The van der Waals surface area contributed by atoms with Gasteiger partial charge in [-0.15, -0.1) is 21.5 Å². The lowest BCUT2D eigenvalue weighted by atomic mass is 10.3. The predicted molar refractivity (Wildman–Crippen MR) is 116 cm³/mol. The standard InChI is InChI=1S/C19H22ClN5O2S2/c1-2-25-18(24-7-9-26-10-8-24)22-23-19(25)29-13-15-12-28-17(21-15)11-27-16-5-3-14(20)4-6-16/h3-6,12H,2,7-11,13H2,1H3. The number of rotatable bonds is 8. The van der Waals surface area contributed by atoms with Crippen LogP contribution in [0.3, 0.4) is 0 Å². The molecule has 0 aliphatic carbocycles. The Morgan fingerprint density at radius 3 is 2.76 bits per heavy atom. The summed E-state index contributed by atoms with van der Waals surface area (Å²) >= 11 is 9.16. The summed E-state index contributed by atoms with van der Waals surface area (Å²) in [6, 6.07) is 7.35. The molecule has 0 spiro atoms. The minimum absolute atomic E-state index is 0.448. The predicted octanol–water partition coefficient (Wildman–Crippen LogP) is 4.12. The Labute approximate surface area is 183 Å². The van der Waals surface area contributed by atoms with Gasteiger partial charge < -0.3 is 14.4 Å². The number of ether oxygens (including phenoxy) is 2. The van der Waals surface area contributed by atoms with Gasteiger partial charge in [-0.1, -0.05) is 23.4 Å². The van der Waals surface area contributed by atoms with Crippen molar-refractivity contribution in [1.29, 1.82) is 0 Å². The van der Waals surface area contributed by atoms with E-state index in [1.165, 1.54) is 0 Å². The first-order valence-electron chi connectivity index (χ1n) is 9.43. The summed E-state index contributed by atoms with van der Waals surface area (Å²) in [6.45, 7) is 6.57. The molecule has 3 heterocycles. The highest BCUT2D eigenvalue weighted by atomic mass is 35.5. The number of nitrogens with zero attached hydrogens (tertiary/aromatic N) is 5. The number of anilines is 1. The van der Waals surface area contributed by atoms with Crippen molar-refractivity contribution in [3.63, 3.8) is 0 Å². The minimum Gasteiger partial charge on any atom is -0.486 e. The van der Waals surface area contributed by atoms with Crippen molar-refractivity contribution >= 4 is 40.6 Å². The van der Waals surface area contributed by atoms with Gasteiger partial charge >= 0.3 is 0 Å². The maximum Gasteiger partial charge on any atom is 0.228 e. The molecule has 0 radical (unpaired) electrons. The smallest absolute Gasteiger partial charge is 0.228 e. The van der Waals surface area contributed by atoms with E-state index in [0.717, 1.165) is 66.2 Å². The van der Waals surface area contributed by atoms with Gasteiger partial charge in [-0.25, -0.2) is 4.98 Å². The van der Waals surface area contributed by atoms with Crippen LogP contribution in [0.2, 0.25) is 5.02 Å². The fourth-order valence-corrected chi connectivity index (χ4v) is 4.78. The van der Waals surface area contributed by atoms with Gasteiger partial charge in [0, 0.05) is 35.8 Å². The van der Waals surface area contributed by atoms with Gasteiger partial charge in [0.15, 0.2) is 5.16 Å². The van der Waals surface area contributed by atoms with Crippen LogP contribution in [0, 0.1) is 0 Å². The van der Waals surface area contributed by atoms with Crippen molar-refractivity contribution in [2.75, 3.05) is 31.2 Å². The molecule has 0 saturated carbocycles. The van der Waals surface area contributed by atoms with Crippen molar-refractivity contribution in [2.24, 2.45) is 0 Å². The van der Waals surface area contributed by atoms with Crippen LogP contribution in [0.4, 0.5) is 5.95 Å². The first-order valence-corrected chi connectivity index (χ1v) is 11.7. The second kappa shape index (κ2) is 9.80. The molecule has 1 saturated heterocycles. The SMILES string of the molecule is CCn1c(SCc2csc(COc3ccc(Cl)cc3)n2)nnc1N1CCOCC1. The van der Waals surface area contributed by atoms with Crippen molar-refractivity contribution in [1.82, 2.24) is 19.7 Å². The first kappa shape index (κ1) is 20.5. The van der Waals surface area contributed by atoms with Crippen molar-refractivity contribution in [3.05, 3.63) is 45.4 Å². The molecule has 0 unspecified atom stereocenters. The number of morpholine rings is 1. The molecule has 1 aliphatic rings. The topological polar surface area (TPSA) is 65.3 Å². The molecule has 2 aromatic heterocycles. The van der Waals surface area contributed by atoms with Gasteiger partial charge in [0.2, 0.25) is 5.95 Å². The first-order chi connectivity index (χ1) is 14.2. The number of halogens is 1. The van der Waals surface area contributed by atoms with E-state index >= 15 is 0 Å². The second-order valence-electron chi connectivity index (χ2n) is 6.39. The Kier molecular flexibility index (Phi) is 6.91. The summed E-state index contributed by atoms with van der Waals surface area (Å²) in [5.41, 5.74) is 1.02. The van der Waals surface area contributed by atoms with E-state index in [-0.39, 0.29) is 0 Å². The zero-order valence-corrected chi connectivity index (χ0v) is 18.5. The number of benzene rings is 1. The summed E-state index contributed by atoms with van der Waals surface area (Å²) < 4.78 is 13.4. The maximum absolute atomic E-state index is 5.90. The fraction of sp³-hybridized carbons (Fsp3) is 0.421. The Bertz CT molecular complexity index is 925. The molecule has 29 heavy (non-hydrogen) atoms. The number of thiazole rings is 1. The Balaban J connectivity index is 1.33. The highest BCUT2D eigenvalue weighted by molar-refractivity contribution is 7.98. The summed E-state index contributed by atoms with van der Waals surface area (Å²) in [7, 11) is 0. The summed E-state index contributed by atoms with van der Waals surface area (Å²) in [4.78, 5) is 6.91. The molecule has 154 valence electrons. The quantitative estimate of drug-likeness (QED) is 0.477. The highest BCUT2D eigenvalue weighted by Gasteiger charge is 2.20. The van der Waals surface area contributed by atoms with Crippen molar-refractivity contribution in [2.45, 2.75) is 31.0 Å². The third kappa shape index (κ3) is 5.22. The van der Waals surface area contributed by atoms with Crippen molar-refractivity contribution in [3.8, 4) is 5.75 Å². The molecular weight excluding hydrogens is 430 g/mol. The molecule has 0 bridgehead atoms. The van der Waals surface area contributed by atoms with E-state index in [2.05, 4.69) is 37.0 Å². The van der Waals surface area contributed by atoms with Crippen LogP contribution in [-0.4, -0.2) is 46.1 Å². The number of hydrogen-bond acceptors (Lipinski definition) is 8. The molecule has 0 amide bonds. The van der Waals surface area contributed by atoms with Crippen LogP contribution in [0.15, 0.2) is 34.8 Å². The highest BCUT2D eigenvalue weighted by Crippen LogP contribution is 2.26. The maximum atomic E-state index is 5.90. The largest absolute Gasteiger partial charge is 0.486 e. The van der Waals surface area contributed by atoms with Crippen molar-refractivity contribution < 1.29 is 9.47 Å². The van der Waals surface area contributed by atoms with Crippen LogP contribution in [0.5, 0.6) is 5.75 Å². The lowest BCUT2D eigenvalue weighted by Gasteiger charge is -2.27. The van der Waals surface area contributed by atoms with E-state index < -0.39 is 0 Å². The molecule has 4 rings (SSSR count). The van der Waals surface area contributed by atoms with Crippen LogP contribution in [0.1, 0.15) is 17.6 Å². The third-order valence-electron chi connectivity index (χ3n) is 4.43. The average Bonchev–Trinajstić information content (AvgIpc) is 3.39. The monoisotopic (exact) mass is 451 g/mol. The molecule has 7 nitrogen and oxygen atoms in total. The molecule has 1 aromatic carbocycles. The van der Waals surface area contributed by atoms with E-state index in [4.69, 9.17) is 21.1 Å². The molecule has 1 aliphatic heterocycles. The molecule has 1 fully saturated rings. The number of aromatic nitrogens is 4.